The number of esters is 1. The van der Waals surface area contributed by atoms with E-state index >= 15 is 0 Å². The number of carbonyl (C=O) groups is 1. The first-order valence-corrected chi connectivity index (χ1v) is 16.1. The second-order valence-electron chi connectivity index (χ2n) is 12.9. The smallest absolute Gasteiger partial charge is 0.331 e. The van der Waals surface area contributed by atoms with Crippen molar-refractivity contribution in [2.45, 2.75) is 103 Å². The molecule has 0 radical (unpaired) electrons. The van der Waals surface area contributed by atoms with Gasteiger partial charge in [0.05, 0.1) is 5.60 Å². The average Bonchev–Trinajstić information content (AvgIpc) is 3.21. The molecule has 8 unspecified atom stereocenters. The van der Waals surface area contributed by atoms with Crippen LogP contribution in [0.15, 0.2) is 11.6 Å². The third kappa shape index (κ3) is 3.32. The molecule has 0 aromatic rings. The highest BCUT2D eigenvalue weighted by Crippen LogP contribution is 2.70. The summed E-state index contributed by atoms with van der Waals surface area (Å²) in [5.74, 6) is 1.83. The summed E-state index contributed by atoms with van der Waals surface area (Å²) in [6, 6.07) is 0. The lowest BCUT2D eigenvalue weighted by Crippen LogP contribution is -2.62. The van der Waals surface area contributed by atoms with Gasteiger partial charge in [-0.3, -0.25) is 0 Å². The fraction of sp³-hybridized carbons (Fsp3) is 0.885. The molecule has 5 aliphatic rings. The van der Waals surface area contributed by atoms with Gasteiger partial charge in [0.25, 0.3) is 0 Å². The molecule has 31 heavy (non-hydrogen) atoms. The molecule has 1 heterocycles. The van der Waals surface area contributed by atoms with Crippen molar-refractivity contribution in [3.8, 4) is 0 Å². The highest BCUT2D eigenvalue weighted by molar-refractivity contribution is 6.69. The van der Waals surface area contributed by atoms with Crippen molar-refractivity contribution in [3.63, 3.8) is 0 Å². The third-order valence-corrected chi connectivity index (χ3v) is 11.5. The van der Waals surface area contributed by atoms with E-state index in [-0.39, 0.29) is 17.3 Å². The van der Waals surface area contributed by atoms with Crippen LogP contribution in [0.2, 0.25) is 19.6 Å². The van der Waals surface area contributed by atoms with Crippen molar-refractivity contribution < 1.29 is 19.1 Å². The van der Waals surface area contributed by atoms with Crippen LogP contribution < -0.4 is 0 Å². The van der Waals surface area contributed by atoms with Gasteiger partial charge in [-0.15, -0.1) is 0 Å². The van der Waals surface area contributed by atoms with Crippen molar-refractivity contribution in [1.82, 2.24) is 0 Å². The van der Waals surface area contributed by atoms with Crippen LogP contribution in [-0.2, 0) is 14.0 Å². The number of ether oxygens (including phenoxy) is 1. The van der Waals surface area contributed by atoms with Gasteiger partial charge in [0.1, 0.15) is 6.61 Å². The minimum atomic E-state index is -1.50. The second kappa shape index (κ2) is 7.17. The molecule has 0 aromatic heterocycles. The number of rotatable bonds is 3. The Labute approximate surface area is 189 Å². The van der Waals surface area contributed by atoms with Gasteiger partial charge in [-0.25, -0.2) is 4.79 Å². The van der Waals surface area contributed by atoms with Crippen molar-refractivity contribution in [2.75, 3.05) is 6.61 Å². The molecule has 0 bridgehead atoms. The van der Waals surface area contributed by atoms with Crippen LogP contribution in [0, 0.1) is 34.5 Å². The zero-order valence-electron chi connectivity index (χ0n) is 20.2. The van der Waals surface area contributed by atoms with Crippen LogP contribution >= 0.6 is 0 Å². The Balaban J connectivity index is 1.38. The normalized spacial score (nSPS) is 49.7. The molecule has 0 spiro atoms. The minimum Gasteiger partial charge on any atom is -0.458 e. The van der Waals surface area contributed by atoms with Gasteiger partial charge in [0.15, 0.2) is 8.32 Å². The van der Waals surface area contributed by atoms with E-state index in [1.807, 2.05) is 0 Å². The maximum absolute atomic E-state index is 12.3. The predicted octanol–water partition coefficient (Wildman–Crippen LogP) is 5.46. The van der Waals surface area contributed by atoms with E-state index in [0.717, 1.165) is 37.2 Å². The van der Waals surface area contributed by atoms with Crippen LogP contribution in [0.5, 0.6) is 0 Å². The SMILES string of the molecule is CC12CCC(O[Si](C)(C)C)CC1CCC1C2CCC2(C)C(C3=CC(=O)OC3)CCC12O. The first-order valence-electron chi connectivity index (χ1n) is 12.7. The average molecular weight is 447 g/mol. The van der Waals surface area contributed by atoms with Crippen molar-refractivity contribution in [2.24, 2.45) is 34.5 Å². The molecule has 1 N–H and O–H groups in total. The second-order valence-corrected chi connectivity index (χ2v) is 17.4. The highest BCUT2D eigenvalue weighted by atomic mass is 28.4. The molecule has 4 nitrogen and oxygen atoms in total. The number of hydrogen-bond donors (Lipinski definition) is 1. The lowest BCUT2D eigenvalue weighted by molar-refractivity contribution is -0.207. The largest absolute Gasteiger partial charge is 0.458 e. The maximum Gasteiger partial charge on any atom is 0.331 e. The van der Waals surface area contributed by atoms with Crippen LogP contribution in [0.1, 0.15) is 71.6 Å². The summed E-state index contributed by atoms with van der Waals surface area (Å²) in [5, 5.41) is 12.3. The van der Waals surface area contributed by atoms with Crippen LogP contribution in [-0.4, -0.2) is 37.7 Å². The van der Waals surface area contributed by atoms with Gasteiger partial charge in [-0.1, -0.05) is 13.8 Å². The van der Waals surface area contributed by atoms with Crippen LogP contribution in [0.4, 0.5) is 0 Å². The third-order valence-electron chi connectivity index (χ3n) is 10.5. The monoisotopic (exact) mass is 446 g/mol. The number of fused-ring (bicyclic) bond motifs is 5. The molecule has 4 fully saturated rings. The number of aliphatic hydroxyl groups is 1. The van der Waals surface area contributed by atoms with E-state index in [2.05, 4.69) is 33.5 Å². The molecule has 174 valence electrons. The van der Waals surface area contributed by atoms with Crippen LogP contribution in [0.3, 0.4) is 0 Å². The zero-order chi connectivity index (χ0) is 22.2. The van der Waals surface area contributed by atoms with Gasteiger partial charge < -0.3 is 14.3 Å². The van der Waals surface area contributed by atoms with Gasteiger partial charge in [-0.05, 0) is 112 Å². The van der Waals surface area contributed by atoms with Crippen LogP contribution in [0.25, 0.3) is 0 Å². The molecule has 0 saturated heterocycles. The fourth-order valence-corrected chi connectivity index (χ4v) is 10.2. The summed E-state index contributed by atoms with van der Waals surface area (Å²) in [6.07, 6.45) is 12.3. The van der Waals surface area contributed by atoms with E-state index in [1.54, 1.807) is 6.08 Å². The molecular formula is C26H42O4Si. The summed E-state index contributed by atoms with van der Waals surface area (Å²) in [4.78, 5) is 11.7. The molecule has 8 atom stereocenters. The quantitative estimate of drug-likeness (QED) is 0.462. The molecule has 5 rings (SSSR count). The standard InChI is InChI=1S/C26H42O4Si/c1-24-11-8-19(30-31(3,4)5)15-18(24)6-7-22-21(24)9-12-25(2)20(10-13-26(22,25)28)17-14-23(27)29-16-17/h14,18-22,28H,6-13,15-16H2,1-5H3. The lowest BCUT2D eigenvalue weighted by atomic mass is 9.43. The van der Waals surface area contributed by atoms with Gasteiger partial charge in [0.2, 0.25) is 0 Å². The number of carbonyl (C=O) groups excluding carboxylic acids is 1. The topological polar surface area (TPSA) is 55.8 Å². The summed E-state index contributed by atoms with van der Waals surface area (Å²) in [7, 11) is -1.50. The van der Waals surface area contributed by atoms with Gasteiger partial charge in [0, 0.05) is 17.6 Å². The molecule has 4 saturated carbocycles. The van der Waals surface area contributed by atoms with Gasteiger partial charge >= 0.3 is 5.97 Å². The minimum absolute atomic E-state index is 0.130. The van der Waals surface area contributed by atoms with E-state index in [4.69, 9.17) is 9.16 Å². The Kier molecular flexibility index (Phi) is 5.12. The first kappa shape index (κ1) is 22.2. The fourth-order valence-electron chi connectivity index (χ4n) is 8.98. The van der Waals surface area contributed by atoms with Gasteiger partial charge in [-0.2, -0.15) is 0 Å². The Morgan fingerprint density at radius 1 is 1.03 bits per heavy atom. The predicted molar refractivity (Wildman–Crippen MR) is 124 cm³/mol. The summed E-state index contributed by atoms with van der Waals surface area (Å²) >= 11 is 0. The number of hydrogen-bond acceptors (Lipinski definition) is 4. The van der Waals surface area contributed by atoms with Crippen molar-refractivity contribution in [3.05, 3.63) is 11.6 Å². The Morgan fingerprint density at radius 2 is 1.81 bits per heavy atom. The Morgan fingerprint density at radius 3 is 2.48 bits per heavy atom. The summed E-state index contributed by atoms with van der Waals surface area (Å²) < 4.78 is 11.8. The van der Waals surface area contributed by atoms with Crippen molar-refractivity contribution in [1.29, 1.82) is 0 Å². The summed E-state index contributed by atoms with van der Waals surface area (Å²) in [6.45, 7) is 12.2. The zero-order valence-corrected chi connectivity index (χ0v) is 21.2. The molecule has 0 aromatic carbocycles. The Bertz CT molecular complexity index is 787. The summed E-state index contributed by atoms with van der Waals surface area (Å²) in [5.41, 5.74) is 0.733. The molecule has 5 heteroatoms. The maximum atomic E-state index is 12.3. The molecular weight excluding hydrogens is 404 g/mol. The van der Waals surface area contributed by atoms with E-state index in [0.29, 0.717) is 30.0 Å². The molecule has 4 aliphatic carbocycles. The number of cyclic esters (lactones) is 1. The molecule has 1 aliphatic heterocycles. The van der Waals surface area contributed by atoms with Crippen molar-refractivity contribution >= 4 is 14.3 Å². The van der Waals surface area contributed by atoms with E-state index in [9.17, 15) is 9.90 Å². The Hall–Kier alpha value is -0.653. The molecule has 0 amide bonds. The van der Waals surface area contributed by atoms with E-state index < -0.39 is 13.9 Å². The highest BCUT2D eigenvalue weighted by Gasteiger charge is 2.67. The first-order chi connectivity index (χ1) is 14.5. The lowest BCUT2D eigenvalue weighted by Gasteiger charge is -2.64. The van der Waals surface area contributed by atoms with E-state index in [1.165, 1.54) is 32.1 Å².